The van der Waals surface area contributed by atoms with E-state index in [9.17, 15) is 4.79 Å². The van der Waals surface area contributed by atoms with Gasteiger partial charge in [0.1, 0.15) is 0 Å². The summed E-state index contributed by atoms with van der Waals surface area (Å²) in [4.78, 5) is 14.6. The molecule has 0 fully saturated rings. The number of nitrogens with one attached hydrogen (secondary N) is 1. The topological polar surface area (TPSA) is 88.0 Å². The molecule has 0 spiro atoms. The number of carboxylic acid groups (broad SMARTS) is 1. The predicted molar refractivity (Wildman–Crippen MR) is 72.6 cm³/mol. The molecule has 0 saturated heterocycles. The SMILES string of the molecule is O=C(O)CSc1nnc(NCCc2nccs2)s1. The smallest absolute Gasteiger partial charge is 0.313 e. The number of hydrogen-bond donors (Lipinski definition) is 2. The van der Waals surface area contributed by atoms with Gasteiger partial charge in [0.25, 0.3) is 0 Å². The summed E-state index contributed by atoms with van der Waals surface area (Å²) in [5, 5.41) is 23.3. The van der Waals surface area contributed by atoms with Gasteiger partial charge < -0.3 is 10.4 Å². The average Bonchev–Trinajstić information content (AvgIpc) is 2.97. The molecule has 2 heterocycles. The van der Waals surface area contributed by atoms with Crippen molar-refractivity contribution < 1.29 is 9.90 Å². The summed E-state index contributed by atoms with van der Waals surface area (Å²) in [5.74, 6) is -0.846. The molecule has 2 rings (SSSR count). The molecule has 2 N–H and O–H groups in total. The monoisotopic (exact) mass is 302 g/mol. The number of carbonyl (C=O) groups is 1. The van der Waals surface area contributed by atoms with Crippen molar-refractivity contribution >= 4 is 45.5 Å². The number of aliphatic carboxylic acids is 1. The van der Waals surface area contributed by atoms with Crippen molar-refractivity contribution in [1.29, 1.82) is 0 Å². The van der Waals surface area contributed by atoms with Gasteiger partial charge in [0.2, 0.25) is 5.13 Å². The fraction of sp³-hybridized carbons (Fsp3) is 0.333. The molecule has 0 aromatic carbocycles. The Hall–Kier alpha value is -1.19. The lowest BCUT2D eigenvalue weighted by molar-refractivity contribution is -0.133. The van der Waals surface area contributed by atoms with E-state index < -0.39 is 5.97 Å². The van der Waals surface area contributed by atoms with E-state index in [4.69, 9.17) is 5.11 Å². The predicted octanol–water partition coefficient (Wildman–Crippen LogP) is 1.83. The molecule has 0 unspecified atom stereocenters. The second-order valence-electron chi connectivity index (χ2n) is 3.16. The summed E-state index contributed by atoms with van der Waals surface area (Å²) in [5.41, 5.74) is 0. The highest BCUT2D eigenvalue weighted by Gasteiger charge is 2.06. The molecule has 9 heteroatoms. The van der Waals surface area contributed by atoms with Crippen molar-refractivity contribution in [2.75, 3.05) is 17.6 Å². The number of thiazole rings is 1. The van der Waals surface area contributed by atoms with Crippen LogP contribution in [-0.2, 0) is 11.2 Å². The molecule has 0 radical (unpaired) electrons. The van der Waals surface area contributed by atoms with Crippen molar-refractivity contribution in [1.82, 2.24) is 15.2 Å². The van der Waals surface area contributed by atoms with E-state index in [-0.39, 0.29) is 5.75 Å². The zero-order valence-corrected chi connectivity index (χ0v) is 11.6. The number of hydrogen-bond acceptors (Lipinski definition) is 8. The van der Waals surface area contributed by atoms with Gasteiger partial charge in [-0.1, -0.05) is 23.1 Å². The summed E-state index contributed by atoms with van der Waals surface area (Å²) in [6.45, 7) is 0.742. The molecule has 6 nitrogen and oxygen atoms in total. The quantitative estimate of drug-likeness (QED) is 0.754. The number of aromatic nitrogens is 3. The first-order valence-electron chi connectivity index (χ1n) is 5.04. The number of rotatable bonds is 7. The summed E-state index contributed by atoms with van der Waals surface area (Å²) < 4.78 is 0.661. The molecule has 0 saturated carbocycles. The zero-order valence-electron chi connectivity index (χ0n) is 9.20. The van der Waals surface area contributed by atoms with Gasteiger partial charge in [-0.25, -0.2) is 4.98 Å². The molecule has 0 aliphatic heterocycles. The minimum absolute atomic E-state index is 0.00769. The molecule has 18 heavy (non-hydrogen) atoms. The van der Waals surface area contributed by atoms with Crippen LogP contribution in [0.4, 0.5) is 5.13 Å². The van der Waals surface area contributed by atoms with Crippen LogP contribution in [-0.4, -0.2) is 38.6 Å². The fourth-order valence-corrected chi connectivity index (χ4v) is 3.23. The molecule has 0 aliphatic carbocycles. The summed E-state index contributed by atoms with van der Waals surface area (Å²) in [6, 6.07) is 0. The standard InChI is InChI=1S/C9H10N4O2S3/c14-7(15)5-17-9-13-12-8(18-9)11-2-1-6-10-3-4-16-6/h3-4H,1-2,5H2,(H,11,12)(H,14,15). The Balaban J connectivity index is 1.74. The van der Waals surface area contributed by atoms with Crippen LogP contribution < -0.4 is 5.32 Å². The number of carboxylic acids is 1. The Morgan fingerprint density at radius 1 is 1.50 bits per heavy atom. The third-order valence-electron chi connectivity index (χ3n) is 1.82. The largest absolute Gasteiger partial charge is 0.481 e. The highest BCUT2D eigenvalue weighted by atomic mass is 32.2. The first-order valence-corrected chi connectivity index (χ1v) is 7.72. The minimum Gasteiger partial charge on any atom is -0.481 e. The third-order valence-corrected chi connectivity index (χ3v) is 4.66. The van der Waals surface area contributed by atoms with Crippen LogP contribution in [0.3, 0.4) is 0 Å². The first kappa shape index (κ1) is 13.2. The highest BCUT2D eigenvalue weighted by molar-refractivity contribution is 8.01. The lowest BCUT2D eigenvalue weighted by atomic mass is 10.4. The van der Waals surface area contributed by atoms with Gasteiger partial charge in [-0.3, -0.25) is 4.79 Å². The fourth-order valence-electron chi connectivity index (χ4n) is 1.12. The van der Waals surface area contributed by atoms with Crippen molar-refractivity contribution in [3.05, 3.63) is 16.6 Å². The molecule has 0 aliphatic rings. The van der Waals surface area contributed by atoms with Crippen molar-refractivity contribution in [2.45, 2.75) is 10.8 Å². The molecular weight excluding hydrogens is 292 g/mol. The molecule has 2 aromatic heterocycles. The van der Waals surface area contributed by atoms with Gasteiger partial charge in [0.05, 0.1) is 10.8 Å². The van der Waals surface area contributed by atoms with Crippen LogP contribution in [0.2, 0.25) is 0 Å². The number of anilines is 1. The molecule has 2 aromatic rings. The highest BCUT2D eigenvalue weighted by Crippen LogP contribution is 2.25. The normalized spacial score (nSPS) is 10.4. The van der Waals surface area contributed by atoms with E-state index in [2.05, 4.69) is 20.5 Å². The molecule has 0 bridgehead atoms. The van der Waals surface area contributed by atoms with E-state index in [1.54, 1.807) is 17.5 Å². The first-order chi connectivity index (χ1) is 8.74. The maximum Gasteiger partial charge on any atom is 0.313 e. The van der Waals surface area contributed by atoms with Gasteiger partial charge in [-0.2, -0.15) is 0 Å². The van der Waals surface area contributed by atoms with Crippen molar-refractivity contribution in [3.63, 3.8) is 0 Å². The molecule has 96 valence electrons. The molecular formula is C9H10N4O2S3. The van der Waals surface area contributed by atoms with E-state index in [0.717, 1.165) is 18.0 Å². The van der Waals surface area contributed by atoms with Crippen LogP contribution in [0.1, 0.15) is 5.01 Å². The van der Waals surface area contributed by atoms with Crippen LogP contribution in [0, 0.1) is 0 Å². The van der Waals surface area contributed by atoms with E-state index in [1.807, 2.05) is 5.38 Å². The lowest BCUT2D eigenvalue weighted by Gasteiger charge is -1.98. The van der Waals surface area contributed by atoms with E-state index >= 15 is 0 Å². The maximum atomic E-state index is 10.4. The van der Waals surface area contributed by atoms with E-state index in [1.165, 1.54) is 23.1 Å². The van der Waals surface area contributed by atoms with Crippen LogP contribution in [0.25, 0.3) is 0 Å². The Bertz CT molecular complexity index is 500. The lowest BCUT2D eigenvalue weighted by Crippen LogP contribution is -2.04. The average molecular weight is 302 g/mol. The second-order valence-corrected chi connectivity index (χ2v) is 6.34. The van der Waals surface area contributed by atoms with Crippen LogP contribution in [0.5, 0.6) is 0 Å². The Kier molecular flexibility index (Phi) is 4.90. The van der Waals surface area contributed by atoms with Crippen LogP contribution >= 0.6 is 34.4 Å². The van der Waals surface area contributed by atoms with Crippen molar-refractivity contribution in [3.8, 4) is 0 Å². The second kappa shape index (κ2) is 6.66. The molecule has 0 amide bonds. The Morgan fingerprint density at radius 3 is 3.11 bits per heavy atom. The Morgan fingerprint density at radius 2 is 2.39 bits per heavy atom. The molecule has 0 atom stereocenters. The van der Waals surface area contributed by atoms with Gasteiger partial charge in [0, 0.05) is 24.5 Å². The minimum atomic E-state index is -0.853. The summed E-state index contributed by atoms with van der Waals surface area (Å²) in [6.07, 6.45) is 2.63. The van der Waals surface area contributed by atoms with Gasteiger partial charge in [0.15, 0.2) is 4.34 Å². The Labute approximate surface area is 115 Å². The maximum absolute atomic E-state index is 10.4. The third kappa shape index (κ3) is 4.24. The summed E-state index contributed by atoms with van der Waals surface area (Å²) in [7, 11) is 0. The van der Waals surface area contributed by atoms with Gasteiger partial charge in [-0.05, 0) is 0 Å². The summed E-state index contributed by atoms with van der Waals surface area (Å²) >= 11 is 4.16. The van der Waals surface area contributed by atoms with Gasteiger partial charge >= 0.3 is 5.97 Å². The number of thioether (sulfide) groups is 1. The van der Waals surface area contributed by atoms with Crippen LogP contribution in [0.15, 0.2) is 15.9 Å². The van der Waals surface area contributed by atoms with Crippen molar-refractivity contribution in [2.24, 2.45) is 0 Å². The van der Waals surface area contributed by atoms with E-state index in [0.29, 0.717) is 9.47 Å². The van der Waals surface area contributed by atoms with Gasteiger partial charge in [-0.15, -0.1) is 21.5 Å². The zero-order chi connectivity index (χ0) is 12.8. The number of nitrogens with zero attached hydrogens (tertiary/aromatic N) is 3.